The summed E-state index contributed by atoms with van der Waals surface area (Å²) in [5.41, 5.74) is 6.18. The Morgan fingerprint density at radius 2 is 1.21 bits per heavy atom. The third-order valence-corrected chi connectivity index (χ3v) is 7.93. The quantitative estimate of drug-likeness (QED) is 0.402. The number of nitrogens with zero attached hydrogens (tertiary/aromatic N) is 6. The van der Waals surface area contributed by atoms with Crippen LogP contribution in [0.5, 0.6) is 0 Å². The Balaban J connectivity index is 1.21. The standard InChI is InChI=1S/C29H36N8O2/c1-34(2)28(38)36-13-5-7-24(36)26-30-20-11-9-18(16-22(20)32-26)15-19-10-12-21-23(17-19)33-27(31-21)25-8-6-14-37(25)29(39)35(3)4/h9-12,16-17,24-25H,5-8,13-15H2,1-4H3,(H,30,32)(H,31,33). The van der Waals surface area contributed by atoms with E-state index in [4.69, 9.17) is 9.97 Å². The maximum absolute atomic E-state index is 12.6. The van der Waals surface area contributed by atoms with Crippen molar-refractivity contribution in [1.29, 1.82) is 0 Å². The smallest absolute Gasteiger partial charge is 0.320 e. The number of aromatic amines is 2. The van der Waals surface area contributed by atoms with Gasteiger partial charge >= 0.3 is 12.1 Å². The minimum Gasteiger partial charge on any atom is -0.340 e. The molecule has 0 saturated carbocycles. The SMILES string of the molecule is CN(C)C(=O)N1CCCC1c1nc2ccc(Cc3ccc4nc(C5CCCN5C(=O)N(C)C)[nH]c4c3)cc2[nH]1. The highest BCUT2D eigenvalue weighted by Crippen LogP contribution is 2.34. The van der Waals surface area contributed by atoms with Crippen molar-refractivity contribution in [2.75, 3.05) is 41.3 Å². The molecule has 4 heterocycles. The topological polar surface area (TPSA) is 104 Å². The first-order valence-corrected chi connectivity index (χ1v) is 13.7. The fourth-order valence-corrected chi connectivity index (χ4v) is 6.00. The highest BCUT2D eigenvalue weighted by molar-refractivity contribution is 5.79. The molecule has 2 aromatic carbocycles. The number of urea groups is 2. The maximum Gasteiger partial charge on any atom is 0.320 e. The number of rotatable bonds is 4. The van der Waals surface area contributed by atoms with Crippen molar-refractivity contribution in [3.63, 3.8) is 0 Å². The van der Waals surface area contributed by atoms with Crippen molar-refractivity contribution in [2.24, 2.45) is 0 Å². The lowest BCUT2D eigenvalue weighted by Gasteiger charge is -2.26. The minimum absolute atomic E-state index is 0.0171. The van der Waals surface area contributed by atoms with Crippen LogP contribution in [0.15, 0.2) is 36.4 Å². The fraction of sp³-hybridized carbons (Fsp3) is 0.448. The number of hydrogen-bond donors (Lipinski definition) is 2. The van der Waals surface area contributed by atoms with E-state index in [0.29, 0.717) is 0 Å². The number of fused-ring (bicyclic) bond motifs is 2. The second kappa shape index (κ2) is 9.91. The molecule has 4 aromatic rings. The number of aromatic nitrogens is 4. The molecule has 6 rings (SSSR count). The van der Waals surface area contributed by atoms with Crippen LogP contribution in [-0.2, 0) is 6.42 Å². The first-order valence-electron chi connectivity index (χ1n) is 13.7. The van der Waals surface area contributed by atoms with Gasteiger partial charge in [0.1, 0.15) is 11.6 Å². The van der Waals surface area contributed by atoms with E-state index in [2.05, 4.69) is 46.4 Å². The van der Waals surface area contributed by atoms with E-state index in [9.17, 15) is 9.59 Å². The number of carbonyl (C=O) groups is 2. The Morgan fingerprint density at radius 3 is 1.62 bits per heavy atom. The lowest BCUT2D eigenvalue weighted by atomic mass is 10.0. The summed E-state index contributed by atoms with van der Waals surface area (Å²) in [5.74, 6) is 1.71. The van der Waals surface area contributed by atoms with Crippen molar-refractivity contribution in [3.05, 3.63) is 59.2 Å². The summed E-state index contributed by atoms with van der Waals surface area (Å²) in [5, 5.41) is 0. The molecule has 10 nitrogen and oxygen atoms in total. The Bertz CT molecular complexity index is 1420. The van der Waals surface area contributed by atoms with E-state index < -0.39 is 0 Å². The van der Waals surface area contributed by atoms with Crippen molar-refractivity contribution >= 4 is 34.1 Å². The van der Waals surface area contributed by atoms with Crippen LogP contribution in [0.2, 0.25) is 0 Å². The first-order chi connectivity index (χ1) is 18.8. The molecule has 2 aliphatic rings. The van der Waals surface area contributed by atoms with Gasteiger partial charge in [-0.2, -0.15) is 0 Å². The van der Waals surface area contributed by atoms with Gasteiger partial charge in [0, 0.05) is 41.3 Å². The van der Waals surface area contributed by atoms with Gasteiger partial charge in [-0.3, -0.25) is 0 Å². The van der Waals surface area contributed by atoms with E-state index >= 15 is 0 Å². The molecule has 2 aromatic heterocycles. The second-order valence-electron chi connectivity index (χ2n) is 11.2. The summed E-state index contributed by atoms with van der Waals surface area (Å²) >= 11 is 0. The summed E-state index contributed by atoms with van der Waals surface area (Å²) < 4.78 is 0. The maximum atomic E-state index is 12.6. The number of nitrogens with one attached hydrogen (secondary N) is 2. The number of amides is 4. The summed E-state index contributed by atoms with van der Waals surface area (Å²) in [6.07, 6.45) is 4.57. The van der Waals surface area contributed by atoms with Gasteiger partial charge in [-0.05, 0) is 67.5 Å². The average molecular weight is 529 g/mol. The van der Waals surface area contributed by atoms with Gasteiger partial charge in [-0.1, -0.05) is 12.1 Å². The molecule has 0 spiro atoms. The van der Waals surface area contributed by atoms with Crippen molar-refractivity contribution in [2.45, 2.75) is 44.2 Å². The van der Waals surface area contributed by atoms with Crippen LogP contribution in [-0.4, -0.2) is 92.9 Å². The number of carbonyl (C=O) groups excluding carboxylic acids is 2. The third kappa shape index (κ3) is 4.68. The Labute approximate surface area is 228 Å². The van der Waals surface area contributed by atoms with Crippen molar-refractivity contribution < 1.29 is 9.59 Å². The summed E-state index contributed by atoms with van der Waals surface area (Å²) in [6.45, 7) is 1.51. The Hall–Kier alpha value is -4.08. The van der Waals surface area contributed by atoms with E-state index in [1.807, 2.05) is 9.80 Å². The summed E-state index contributed by atoms with van der Waals surface area (Å²) in [6, 6.07) is 12.7. The largest absolute Gasteiger partial charge is 0.340 e. The van der Waals surface area contributed by atoms with Gasteiger partial charge in [0.25, 0.3) is 0 Å². The molecule has 2 aliphatic heterocycles. The molecule has 0 bridgehead atoms. The molecule has 2 unspecified atom stereocenters. The van der Waals surface area contributed by atoms with Crippen molar-refractivity contribution in [3.8, 4) is 0 Å². The van der Waals surface area contributed by atoms with Gasteiger partial charge in [0.05, 0.1) is 34.2 Å². The zero-order valence-electron chi connectivity index (χ0n) is 23.1. The van der Waals surface area contributed by atoms with Crippen LogP contribution >= 0.6 is 0 Å². The van der Waals surface area contributed by atoms with Gasteiger partial charge in [-0.15, -0.1) is 0 Å². The van der Waals surface area contributed by atoms with Crippen LogP contribution in [0.1, 0.15) is 60.5 Å². The average Bonchev–Trinajstić information content (AvgIpc) is 3.71. The molecule has 2 N–H and O–H groups in total. The monoisotopic (exact) mass is 528 g/mol. The van der Waals surface area contributed by atoms with Crippen LogP contribution in [0, 0.1) is 0 Å². The third-order valence-electron chi connectivity index (χ3n) is 7.93. The van der Waals surface area contributed by atoms with Crippen LogP contribution in [0.3, 0.4) is 0 Å². The first kappa shape index (κ1) is 25.2. The van der Waals surface area contributed by atoms with Gasteiger partial charge in [0.2, 0.25) is 0 Å². The molecule has 2 atom stereocenters. The van der Waals surface area contributed by atoms with Crippen LogP contribution < -0.4 is 0 Å². The molecule has 4 amide bonds. The lowest BCUT2D eigenvalue weighted by Crippen LogP contribution is -2.38. The molecule has 39 heavy (non-hydrogen) atoms. The molecular formula is C29H36N8O2. The highest BCUT2D eigenvalue weighted by Gasteiger charge is 2.34. The molecule has 0 aliphatic carbocycles. The summed E-state index contributed by atoms with van der Waals surface area (Å²) in [4.78, 5) is 49.0. The van der Waals surface area contributed by atoms with Gasteiger partial charge in [-0.25, -0.2) is 19.6 Å². The Kier molecular flexibility index (Phi) is 6.40. The minimum atomic E-state index is -0.0171. The second-order valence-corrected chi connectivity index (χ2v) is 11.2. The molecule has 2 fully saturated rings. The molecular weight excluding hydrogens is 492 g/mol. The zero-order chi connectivity index (χ0) is 27.3. The summed E-state index contributed by atoms with van der Waals surface area (Å²) in [7, 11) is 7.16. The van der Waals surface area contributed by atoms with E-state index in [1.165, 1.54) is 11.1 Å². The molecule has 2 saturated heterocycles. The van der Waals surface area contributed by atoms with Gasteiger partial charge < -0.3 is 29.6 Å². The number of H-pyrrole nitrogens is 2. The van der Waals surface area contributed by atoms with Gasteiger partial charge in [0.15, 0.2) is 0 Å². The highest BCUT2D eigenvalue weighted by atomic mass is 16.2. The van der Waals surface area contributed by atoms with Crippen LogP contribution in [0.25, 0.3) is 22.1 Å². The number of hydrogen-bond acceptors (Lipinski definition) is 4. The van der Waals surface area contributed by atoms with Crippen LogP contribution in [0.4, 0.5) is 9.59 Å². The van der Waals surface area contributed by atoms with E-state index in [-0.39, 0.29) is 24.1 Å². The molecule has 10 heteroatoms. The Morgan fingerprint density at radius 1 is 0.769 bits per heavy atom. The van der Waals surface area contributed by atoms with E-state index in [0.717, 1.165) is 78.9 Å². The zero-order valence-corrected chi connectivity index (χ0v) is 23.1. The number of benzene rings is 2. The number of likely N-dealkylation sites (tertiary alicyclic amines) is 2. The fourth-order valence-electron chi connectivity index (χ4n) is 6.00. The normalized spacial score (nSPS) is 19.4. The molecule has 204 valence electrons. The predicted octanol–water partition coefficient (Wildman–Crippen LogP) is 4.67. The van der Waals surface area contributed by atoms with Crippen molar-refractivity contribution in [1.82, 2.24) is 39.5 Å². The molecule has 0 radical (unpaired) electrons. The van der Waals surface area contributed by atoms with E-state index in [1.54, 1.807) is 38.0 Å². The number of imidazole rings is 2. The lowest BCUT2D eigenvalue weighted by molar-refractivity contribution is 0.164. The predicted molar refractivity (Wildman–Crippen MR) is 151 cm³/mol.